The number of amides is 2. The van der Waals surface area contributed by atoms with Gasteiger partial charge in [0.15, 0.2) is 6.10 Å². The molecule has 0 spiro atoms. The van der Waals surface area contributed by atoms with Crippen LogP contribution in [0.4, 0.5) is 5.69 Å². The predicted molar refractivity (Wildman–Crippen MR) is 130 cm³/mol. The third kappa shape index (κ3) is 7.47. The van der Waals surface area contributed by atoms with Crippen molar-refractivity contribution in [2.24, 2.45) is 0 Å². The normalized spacial score (nSPS) is 11.5. The third-order valence-corrected chi connectivity index (χ3v) is 4.99. The van der Waals surface area contributed by atoms with Gasteiger partial charge in [0.1, 0.15) is 5.75 Å². The first-order valence-electron chi connectivity index (χ1n) is 11.2. The fourth-order valence-electron chi connectivity index (χ4n) is 3.22. The molecule has 0 aliphatic carbocycles. The van der Waals surface area contributed by atoms with Crippen molar-refractivity contribution >= 4 is 17.5 Å². The van der Waals surface area contributed by atoms with Gasteiger partial charge in [-0.1, -0.05) is 48.5 Å². The highest BCUT2D eigenvalue weighted by atomic mass is 16.5. The Kier molecular flexibility index (Phi) is 9.03. The molecule has 172 valence electrons. The molecule has 0 saturated heterocycles. The highest BCUT2D eigenvalue weighted by Crippen LogP contribution is 2.23. The van der Waals surface area contributed by atoms with Crippen LogP contribution in [0, 0.1) is 0 Å². The summed E-state index contributed by atoms with van der Waals surface area (Å²) >= 11 is 0. The van der Waals surface area contributed by atoms with E-state index in [1.807, 2.05) is 61.5 Å². The smallest absolute Gasteiger partial charge is 0.265 e. The molecular weight excluding hydrogens is 416 g/mol. The lowest BCUT2D eigenvalue weighted by Gasteiger charge is -2.15. The van der Waals surface area contributed by atoms with E-state index in [0.29, 0.717) is 36.8 Å². The zero-order chi connectivity index (χ0) is 23.5. The van der Waals surface area contributed by atoms with Gasteiger partial charge < -0.3 is 20.1 Å². The number of anilines is 1. The predicted octanol–water partition coefficient (Wildman–Crippen LogP) is 4.92. The van der Waals surface area contributed by atoms with Crippen molar-refractivity contribution in [3.05, 3.63) is 84.4 Å². The van der Waals surface area contributed by atoms with Crippen LogP contribution in [-0.2, 0) is 9.53 Å². The van der Waals surface area contributed by atoms with Crippen LogP contribution < -0.4 is 15.4 Å². The van der Waals surface area contributed by atoms with Gasteiger partial charge in [0.2, 0.25) is 0 Å². The molecule has 3 aromatic rings. The maximum Gasteiger partial charge on any atom is 0.265 e. The molecule has 6 heteroatoms. The Morgan fingerprint density at radius 1 is 0.909 bits per heavy atom. The molecule has 33 heavy (non-hydrogen) atoms. The van der Waals surface area contributed by atoms with Gasteiger partial charge in [0.05, 0.1) is 0 Å². The first-order valence-corrected chi connectivity index (χ1v) is 11.2. The van der Waals surface area contributed by atoms with Crippen molar-refractivity contribution < 1.29 is 19.1 Å². The van der Waals surface area contributed by atoms with Crippen molar-refractivity contribution in [2.45, 2.75) is 26.4 Å². The highest BCUT2D eigenvalue weighted by Gasteiger charge is 2.16. The first kappa shape index (κ1) is 24.0. The maximum absolute atomic E-state index is 12.6. The summed E-state index contributed by atoms with van der Waals surface area (Å²) in [6.07, 6.45) is 0.0422. The number of nitrogens with one attached hydrogen (secondary N) is 2. The zero-order valence-electron chi connectivity index (χ0n) is 19.0. The van der Waals surface area contributed by atoms with E-state index < -0.39 is 6.10 Å². The van der Waals surface area contributed by atoms with E-state index in [1.165, 1.54) is 0 Å². The van der Waals surface area contributed by atoms with Crippen molar-refractivity contribution in [3.8, 4) is 16.9 Å². The summed E-state index contributed by atoms with van der Waals surface area (Å²) in [4.78, 5) is 24.9. The third-order valence-electron chi connectivity index (χ3n) is 4.99. The Morgan fingerprint density at radius 2 is 1.64 bits per heavy atom. The van der Waals surface area contributed by atoms with Crippen LogP contribution in [0.5, 0.6) is 5.75 Å². The van der Waals surface area contributed by atoms with Crippen LogP contribution in [0.3, 0.4) is 0 Å². The molecule has 1 unspecified atom stereocenters. The second kappa shape index (κ2) is 12.4. The number of benzene rings is 3. The number of hydrogen-bond acceptors (Lipinski definition) is 4. The largest absolute Gasteiger partial charge is 0.481 e. The molecule has 0 fully saturated rings. The SMILES string of the molecule is CCOCCCNC(=O)c1cccc(NC(=O)C(C)Oc2ccc(-c3ccccc3)cc2)c1. The Labute approximate surface area is 194 Å². The number of ether oxygens (including phenoxy) is 2. The summed E-state index contributed by atoms with van der Waals surface area (Å²) in [7, 11) is 0. The molecule has 0 bridgehead atoms. The van der Waals surface area contributed by atoms with Crippen LogP contribution >= 0.6 is 0 Å². The molecule has 0 aliphatic heterocycles. The highest BCUT2D eigenvalue weighted by molar-refractivity contribution is 5.98. The van der Waals surface area contributed by atoms with Crippen molar-refractivity contribution in [1.29, 1.82) is 0 Å². The Morgan fingerprint density at radius 3 is 2.36 bits per heavy atom. The molecule has 1 atom stereocenters. The number of carbonyl (C=O) groups excluding carboxylic acids is 2. The summed E-state index contributed by atoms with van der Waals surface area (Å²) in [5, 5.41) is 5.67. The minimum absolute atomic E-state index is 0.189. The minimum atomic E-state index is -0.705. The van der Waals surface area contributed by atoms with Crippen LogP contribution in [0.1, 0.15) is 30.6 Å². The van der Waals surface area contributed by atoms with E-state index in [1.54, 1.807) is 31.2 Å². The van der Waals surface area contributed by atoms with E-state index in [4.69, 9.17) is 9.47 Å². The van der Waals surface area contributed by atoms with Gasteiger partial charge >= 0.3 is 0 Å². The van der Waals surface area contributed by atoms with Crippen LogP contribution in [-0.4, -0.2) is 37.7 Å². The second-order valence-corrected chi connectivity index (χ2v) is 7.53. The van der Waals surface area contributed by atoms with Gasteiger partial charge in [-0.05, 0) is 61.7 Å². The van der Waals surface area contributed by atoms with Crippen LogP contribution in [0.15, 0.2) is 78.9 Å². The summed E-state index contributed by atoms with van der Waals surface area (Å²) < 4.78 is 11.1. The summed E-state index contributed by atoms with van der Waals surface area (Å²) in [6.45, 7) is 5.43. The average molecular weight is 447 g/mol. The molecule has 6 nitrogen and oxygen atoms in total. The van der Waals surface area contributed by atoms with Gasteiger partial charge in [-0.3, -0.25) is 9.59 Å². The lowest BCUT2D eigenvalue weighted by molar-refractivity contribution is -0.122. The van der Waals surface area contributed by atoms with Gasteiger partial charge in [-0.2, -0.15) is 0 Å². The molecule has 0 saturated carbocycles. The monoisotopic (exact) mass is 446 g/mol. The van der Waals surface area contributed by atoms with Gasteiger partial charge in [0.25, 0.3) is 11.8 Å². The summed E-state index contributed by atoms with van der Waals surface area (Å²) in [6, 6.07) is 24.5. The number of rotatable bonds is 11. The minimum Gasteiger partial charge on any atom is -0.481 e. The summed E-state index contributed by atoms with van der Waals surface area (Å²) in [5.74, 6) is 0.124. The molecule has 0 aromatic heterocycles. The zero-order valence-corrected chi connectivity index (χ0v) is 19.0. The molecule has 0 aliphatic rings. The number of carbonyl (C=O) groups is 2. The molecule has 0 heterocycles. The lowest BCUT2D eigenvalue weighted by Crippen LogP contribution is -2.30. The number of hydrogen-bond donors (Lipinski definition) is 2. The van der Waals surface area contributed by atoms with Gasteiger partial charge in [0, 0.05) is 31.0 Å². The molecule has 3 rings (SSSR count). The van der Waals surface area contributed by atoms with E-state index >= 15 is 0 Å². The molecule has 2 amide bonds. The fraction of sp³-hybridized carbons (Fsp3) is 0.259. The Bertz CT molecular complexity index is 1040. The first-order chi connectivity index (χ1) is 16.1. The topological polar surface area (TPSA) is 76.7 Å². The maximum atomic E-state index is 12.6. The Hall–Kier alpha value is -3.64. The fourth-order valence-corrected chi connectivity index (χ4v) is 3.22. The standard InChI is InChI=1S/C27H30N2O4/c1-3-32-18-8-17-28-27(31)23-11-7-12-24(19-23)29-26(30)20(2)33-25-15-13-22(14-16-25)21-9-5-4-6-10-21/h4-7,9-16,19-20H,3,8,17-18H2,1-2H3,(H,28,31)(H,29,30). The Balaban J connectivity index is 1.52. The van der Waals surface area contributed by atoms with Crippen molar-refractivity contribution in [2.75, 3.05) is 25.1 Å². The average Bonchev–Trinajstić information content (AvgIpc) is 2.85. The van der Waals surface area contributed by atoms with E-state index in [0.717, 1.165) is 17.5 Å². The summed E-state index contributed by atoms with van der Waals surface area (Å²) in [5.41, 5.74) is 3.22. The van der Waals surface area contributed by atoms with E-state index in [2.05, 4.69) is 10.6 Å². The van der Waals surface area contributed by atoms with Crippen LogP contribution in [0.25, 0.3) is 11.1 Å². The van der Waals surface area contributed by atoms with Crippen molar-refractivity contribution in [1.82, 2.24) is 5.32 Å². The molecular formula is C27H30N2O4. The van der Waals surface area contributed by atoms with E-state index in [-0.39, 0.29) is 11.8 Å². The quantitative estimate of drug-likeness (QED) is 0.410. The van der Waals surface area contributed by atoms with Gasteiger partial charge in [-0.15, -0.1) is 0 Å². The van der Waals surface area contributed by atoms with Crippen molar-refractivity contribution in [3.63, 3.8) is 0 Å². The van der Waals surface area contributed by atoms with Crippen LogP contribution in [0.2, 0.25) is 0 Å². The molecule has 3 aromatic carbocycles. The van der Waals surface area contributed by atoms with E-state index in [9.17, 15) is 9.59 Å². The van der Waals surface area contributed by atoms with Gasteiger partial charge in [-0.25, -0.2) is 0 Å². The second-order valence-electron chi connectivity index (χ2n) is 7.53. The lowest BCUT2D eigenvalue weighted by atomic mass is 10.1. The molecule has 0 radical (unpaired) electrons. The molecule has 2 N–H and O–H groups in total.